The van der Waals surface area contributed by atoms with Crippen molar-refractivity contribution in [1.29, 1.82) is 0 Å². The van der Waals surface area contributed by atoms with Crippen LogP contribution in [0.2, 0.25) is 0 Å². The van der Waals surface area contributed by atoms with Gasteiger partial charge in [0.2, 0.25) is 0 Å². The third kappa shape index (κ3) is 3.72. The van der Waals surface area contributed by atoms with Crippen LogP contribution in [-0.4, -0.2) is 60.6 Å². The molecule has 2 saturated heterocycles. The summed E-state index contributed by atoms with van der Waals surface area (Å²) in [5, 5.41) is 0. The Kier molecular flexibility index (Phi) is 4.97. The van der Waals surface area contributed by atoms with E-state index in [0.29, 0.717) is 19.1 Å². The largest absolute Gasteiger partial charge is 0.376 e. The molecule has 0 saturated carbocycles. The Morgan fingerprint density at radius 3 is 2.70 bits per heavy atom. The summed E-state index contributed by atoms with van der Waals surface area (Å²) in [4.78, 5) is 16.8. The SMILES string of the molecule is Cc1ccc(F)c(C(=O)N2CCC(N3CCO[C@@H](C)C3)CC2)c1. The van der Waals surface area contributed by atoms with Gasteiger partial charge in [0.25, 0.3) is 5.91 Å². The van der Waals surface area contributed by atoms with Crippen LogP contribution >= 0.6 is 0 Å². The molecule has 126 valence electrons. The molecule has 1 amide bonds. The lowest BCUT2D eigenvalue weighted by Crippen LogP contribution is -2.51. The summed E-state index contributed by atoms with van der Waals surface area (Å²) >= 11 is 0. The first-order valence-electron chi connectivity index (χ1n) is 8.45. The van der Waals surface area contributed by atoms with Crippen LogP contribution in [0.15, 0.2) is 18.2 Å². The third-order valence-electron chi connectivity index (χ3n) is 4.89. The second-order valence-corrected chi connectivity index (χ2v) is 6.68. The summed E-state index contributed by atoms with van der Waals surface area (Å²) in [7, 11) is 0. The fourth-order valence-corrected chi connectivity index (χ4v) is 3.58. The number of carbonyl (C=O) groups excluding carboxylic acids is 1. The number of likely N-dealkylation sites (tertiary alicyclic amines) is 1. The number of hydrogen-bond acceptors (Lipinski definition) is 3. The number of ether oxygens (including phenoxy) is 1. The van der Waals surface area contributed by atoms with Crippen molar-refractivity contribution in [3.8, 4) is 0 Å². The van der Waals surface area contributed by atoms with Crippen LogP contribution in [0, 0.1) is 12.7 Å². The number of benzene rings is 1. The second kappa shape index (κ2) is 6.97. The van der Waals surface area contributed by atoms with Crippen molar-refractivity contribution in [3.63, 3.8) is 0 Å². The molecule has 1 atom stereocenters. The molecule has 0 aromatic heterocycles. The van der Waals surface area contributed by atoms with E-state index in [0.717, 1.165) is 38.1 Å². The normalized spacial score (nSPS) is 24.0. The van der Waals surface area contributed by atoms with Gasteiger partial charge in [-0.1, -0.05) is 11.6 Å². The van der Waals surface area contributed by atoms with Crippen LogP contribution < -0.4 is 0 Å². The van der Waals surface area contributed by atoms with Gasteiger partial charge in [0.1, 0.15) is 5.82 Å². The van der Waals surface area contributed by atoms with Crippen molar-refractivity contribution in [2.75, 3.05) is 32.8 Å². The maximum atomic E-state index is 13.9. The summed E-state index contributed by atoms with van der Waals surface area (Å²) in [6.07, 6.45) is 2.18. The minimum Gasteiger partial charge on any atom is -0.376 e. The Morgan fingerprint density at radius 2 is 2.00 bits per heavy atom. The van der Waals surface area contributed by atoms with E-state index < -0.39 is 5.82 Å². The number of nitrogens with zero attached hydrogens (tertiary/aromatic N) is 2. The first kappa shape index (κ1) is 16.4. The molecule has 0 N–H and O–H groups in total. The molecule has 3 rings (SSSR count). The van der Waals surface area contributed by atoms with Crippen molar-refractivity contribution in [2.45, 2.75) is 38.8 Å². The fourth-order valence-electron chi connectivity index (χ4n) is 3.58. The quantitative estimate of drug-likeness (QED) is 0.839. The van der Waals surface area contributed by atoms with E-state index in [2.05, 4.69) is 11.8 Å². The Labute approximate surface area is 137 Å². The van der Waals surface area contributed by atoms with Crippen molar-refractivity contribution in [2.24, 2.45) is 0 Å². The zero-order chi connectivity index (χ0) is 16.4. The maximum absolute atomic E-state index is 13.9. The third-order valence-corrected chi connectivity index (χ3v) is 4.89. The molecule has 1 aromatic carbocycles. The number of carbonyl (C=O) groups is 1. The summed E-state index contributed by atoms with van der Waals surface area (Å²) in [6, 6.07) is 5.23. The van der Waals surface area contributed by atoms with Crippen LogP contribution in [0.3, 0.4) is 0 Å². The lowest BCUT2D eigenvalue weighted by atomic mass is 10.0. The smallest absolute Gasteiger partial charge is 0.256 e. The summed E-state index contributed by atoms with van der Waals surface area (Å²) < 4.78 is 19.5. The van der Waals surface area contributed by atoms with Gasteiger partial charge >= 0.3 is 0 Å². The highest BCUT2D eigenvalue weighted by Crippen LogP contribution is 2.21. The van der Waals surface area contributed by atoms with Crippen LogP contribution in [0.25, 0.3) is 0 Å². The van der Waals surface area contributed by atoms with Gasteiger partial charge in [0, 0.05) is 32.2 Å². The Bertz CT molecular complexity index is 570. The summed E-state index contributed by atoms with van der Waals surface area (Å²) in [5.41, 5.74) is 1.11. The lowest BCUT2D eigenvalue weighted by Gasteiger charge is -2.41. The van der Waals surface area contributed by atoms with E-state index in [-0.39, 0.29) is 17.6 Å². The number of morpholine rings is 1. The minimum atomic E-state index is -0.426. The van der Waals surface area contributed by atoms with E-state index in [4.69, 9.17) is 4.74 Å². The highest BCUT2D eigenvalue weighted by molar-refractivity contribution is 5.94. The predicted molar refractivity (Wildman–Crippen MR) is 87.0 cm³/mol. The zero-order valence-electron chi connectivity index (χ0n) is 13.9. The van der Waals surface area contributed by atoms with Gasteiger partial charge in [0.05, 0.1) is 18.3 Å². The highest BCUT2D eigenvalue weighted by Gasteiger charge is 2.30. The maximum Gasteiger partial charge on any atom is 0.256 e. The summed E-state index contributed by atoms with van der Waals surface area (Å²) in [5.74, 6) is -0.607. The number of hydrogen-bond donors (Lipinski definition) is 0. The average Bonchev–Trinajstić information content (AvgIpc) is 2.56. The van der Waals surface area contributed by atoms with Gasteiger partial charge in [0.15, 0.2) is 0 Å². The molecule has 4 nitrogen and oxygen atoms in total. The number of rotatable bonds is 2. The molecule has 0 spiro atoms. The number of halogens is 1. The summed E-state index contributed by atoms with van der Waals surface area (Å²) in [6.45, 7) is 8.09. The Hall–Kier alpha value is -1.46. The number of aryl methyl sites for hydroxylation is 1. The molecule has 0 aliphatic carbocycles. The second-order valence-electron chi connectivity index (χ2n) is 6.68. The molecule has 2 heterocycles. The molecule has 0 radical (unpaired) electrons. The molecule has 0 bridgehead atoms. The standard InChI is InChI=1S/C18H25FN2O2/c1-13-3-4-17(19)16(11-13)18(22)20-7-5-15(6-8-20)21-9-10-23-14(2)12-21/h3-4,11,14-15H,5-10,12H2,1-2H3/t14-/m0/s1. The van der Waals surface area contributed by atoms with Crippen LogP contribution in [0.1, 0.15) is 35.7 Å². The molecule has 23 heavy (non-hydrogen) atoms. The van der Waals surface area contributed by atoms with Crippen LogP contribution in [0.5, 0.6) is 0 Å². The number of amides is 1. The first-order valence-corrected chi connectivity index (χ1v) is 8.45. The van der Waals surface area contributed by atoms with Gasteiger partial charge in [-0.15, -0.1) is 0 Å². The molecule has 2 fully saturated rings. The average molecular weight is 320 g/mol. The van der Waals surface area contributed by atoms with Gasteiger partial charge in [-0.05, 0) is 38.8 Å². The number of piperidine rings is 1. The van der Waals surface area contributed by atoms with Crippen LogP contribution in [0.4, 0.5) is 4.39 Å². The van der Waals surface area contributed by atoms with Gasteiger partial charge in [-0.3, -0.25) is 9.69 Å². The molecule has 2 aliphatic rings. The molecule has 2 aliphatic heterocycles. The molecule has 5 heteroatoms. The molecular weight excluding hydrogens is 295 g/mol. The van der Waals surface area contributed by atoms with E-state index in [1.165, 1.54) is 6.07 Å². The Balaban J connectivity index is 1.60. The van der Waals surface area contributed by atoms with Gasteiger partial charge in [-0.25, -0.2) is 4.39 Å². The molecular formula is C18H25FN2O2. The monoisotopic (exact) mass is 320 g/mol. The van der Waals surface area contributed by atoms with Crippen molar-refractivity contribution < 1.29 is 13.9 Å². The highest BCUT2D eigenvalue weighted by atomic mass is 19.1. The van der Waals surface area contributed by atoms with Crippen molar-refractivity contribution >= 4 is 5.91 Å². The van der Waals surface area contributed by atoms with Crippen LogP contribution in [-0.2, 0) is 4.74 Å². The Morgan fingerprint density at radius 1 is 1.26 bits per heavy atom. The van der Waals surface area contributed by atoms with E-state index in [9.17, 15) is 9.18 Å². The van der Waals surface area contributed by atoms with Crippen molar-refractivity contribution in [3.05, 3.63) is 35.1 Å². The minimum absolute atomic E-state index is 0.181. The topological polar surface area (TPSA) is 32.8 Å². The fraction of sp³-hybridized carbons (Fsp3) is 0.611. The van der Waals surface area contributed by atoms with Gasteiger partial charge in [-0.2, -0.15) is 0 Å². The zero-order valence-corrected chi connectivity index (χ0v) is 13.9. The molecule has 1 aromatic rings. The predicted octanol–water partition coefficient (Wildman–Crippen LogP) is 2.46. The lowest BCUT2D eigenvalue weighted by molar-refractivity contribution is -0.0423. The van der Waals surface area contributed by atoms with Crippen molar-refractivity contribution in [1.82, 2.24) is 9.80 Å². The van der Waals surface area contributed by atoms with E-state index >= 15 is 0 Å². The van der Waals surface area contributed by atoms with E-state index in [1.807, 2.05) is 6.92 Å². The molecule has 0 unspecified atom stereocenters. The first-order chi connectivity index (χ1) is 11.0. The van der Waals surface area contributed by atoms with Gasteiger partial charge < -0.3 is 9.64 Å². The van der Waals surface area contributed by atoms with E-state index in [1.54, 1.807) is 17.0 Å².